The summed E-state index contributed by atoms with van der Waals surface area (Å²) in [5, 5.41) is 2.61. The van der Waals surface area contributed by atoms with Gasteiger partial charge in [0, 0.05) is 19.5 Å². The summed E-state index contributed by atoms with van der Waals surface area (Å²) in [5.41, 5.74) is 5.28. The van der Waals surface area contributed by atoms with E-state index in [0.29, 0.717) is 19.5 Å². The van der Waals surface area contributed by atoms with E-state index in [4.69, 9.17) is 5.73 Å². The summed E-state index contributed by atoms with van der Waals surface area (Å²) in [4.78, 5) is 11.1. The van der Waals surface area contributed by atoms with Gasteiger partial charge >= 0.3 is 0 Å². The third-order valence-corrected chi connectivity index (χ3v) is 2.40. The molecule has 0 aromatic rings. The Balaban J connectivity index is 3.39. The number of carbonyl (C=O) groups is 1. The number of carbonyl (C=O) groups excluding carboxylic acids is 1. The number of hydrogen-bond donors (Lipinski definition) is 3. The SMILES string of the molecule is CS(=O)(=O)NCCNC(=O)CCCCN. The van der Waals surface area contributed by atoms with Crippen molar-refractivity contribution < 1.29 is 13.2 Å². The van der Waals surface area contributed by atoms with Crippen LogP contribution in [0.3, 0.4) is 0 Å². The molecule has 90 valence electrons. The molecule has 0 spiro atoms. The minimum absolute atomic E-state index is 0.0706. The molecule has 4 N–H and O–H groups in total. The first-order valence-electron chi connectivity index (χ1n) is 4.87. The van der Waals surface area contributed by atoms with Gasteiger partial charge in [0.1, 0.15) is 0 Å². The van der Waals surface area contributed by atoms with E-state index in [9.17, 15) is 13.2 Å². The van der Waals surface area contributed by atoms with Gasteiger partial charge in [0.2, 0.25) is 15.9 Å². The number of nitrogens with one attached hydrogen (secondary N) is 2. The van der Waals surface area contributed by atoms with Gasteiger partial charge < -0.3 is 11.1 Å². The lowest BCUT2D eigenvalue weighted by molar-refractivity contribution is -0.121. The second-order valence-electron chi connectivity index (χ2n) is 3.26. The number of sulfonamides is 1. The number of rotatable bonds is 8. The van der Waals surface area contributed by atoms with Crippen molar-refractivity contribution >= 4 is 15.9 Å². The Morgan fingerprint density at radius 1 is 1.27 bits per heavy atom. The fraction of sp³-hybridized carbons (Fsp3) is 0.875. The van der Waals surface area contributed by atoms with Crippen molar-refractivity contribution in [2.24, 2.45) is 5.73 Å². The van der Waals surface area contributed by atoms with Crippen LogP contribution < -0.4 is 15.8 Å². The lowest BCUT2D eigenvalue weighted by Crippen LogP contribution is -2.34. The molecule has 0 bridgehead atoms. The molecular formula is C8H19N3O3S. The Morgan fingerprint density at radius 3 is 2.47 bits per heavy atom. The molecule has 0 aromatic carbocycles. The lowest BCUT2D eigenvalue weighted by Gasteiger charge is -2.05. The lowest BCUT2D eigenvalue weighted by atomic mass is 10.2. The first-order chi connectivity index (χ1) is 6.95. The fourth-order valence-electron chi connectivity index (χ4n) is 0.957. The van der Waals surface area contributed by atoms with E-state index in [1.807, 2.05) is 0 Å². The topological polar surface area (TPSA) is 101 Å². The molecule has 6 nitrogen and oxygen atoms in total. The van der Waals surface area contributed by atoms with E-state index in [2.05, 4.69) is 10.0 Å². The molecule has 0 radical (unpaired) electrons. The van der Waals surface area contributed by atoms with Crippen LogP contribution in [-0.4, -0.2) is 40.2 Å². The van der Waals surface area contributed by atoms with Gasteiger partial charge in [-0.1, -0.05) is 0 Å². The van der Waals surface area contributed by atoms with E-state index < -0.39 is 10.0 Å². The van der Waals surface area contributed by atoms with Crippen LogP contribution in [0.5, 0.6) is 0 Å². The fourth-order valence-corrected chi connectivity index (χ4v) is 1.43. The Morgan fingerprint density at radius 2 is 1.93 bits per heavy atom. The largest absolute Gasteiger partial charge is 0.355 e. The summed E-state index contributed by atoms with van der Waals surface area (Å²) in [6.07, 6.45) is 3.11. The van der Waals surface area contributed by atoms with Crippen molar-refractivity contribution in [2.75, 3.05) is 25.9 Å². The van der Waals surface area contributed by atoms with Gasteiger partial charge in [0.25, 0.3) is 0 Å². The Labute approximate surface area is 90.7 Å². The molecule has 0 aliphatic heterocycles. The van der Waals surface area contributed by atoms with E-state index >= 15 is 0 Å². The van der Waals surface area contributed by atoms with Crippen LogP contribution in [0.15, 0.2) is 0 Å². The van der Waals surface area contributed by atoms with Crippen LogP contribution in [0, 0.1) is 0 Å². The summed E-state index contributed by atoms with van der Waals surface area (Å²) in [5.74, 6) is -0.0706. The first-order valence-corrected chi connectivity index (χ1v) is 6.76. The molecule has 0 heterocycles. The normalized spacial score (nSPS) is 11.3. The monoisotopic (exact) mass is 237 g/mol. The minimum Gasteiger partial charge on any atom is -0.355 e. The molecule has 0 fully saturated rings. The van der Waals surface area contributed by atoms with Crippen molar-refractivity contribution in [1.82, 2.24) is 10.0 Å². The maximum atomic E-state index is 11.1. The molecule has 0 aliphatic carbocycles. The Hall–Kier alpha value is -0.660. The summed E-state index contributed by atoms with van der Waals surface area (Å²) in [6.45, 7) is 1.12. The van der Waals surface area contributed by atoms with E-state index in [1.54, 1.807) is 0 Å². The molecule has 1 amide bonds. The highest BCUT2D eigenvalue weighted by molar-refractivity contribution is 7.88. The molecule has 15 heavy (non-hydrogen) atoms. The van der Waals surface area contributed by atoms with Gasteiger partial charge in [-0.05, 0) is 19.4 Å². The van der Waals surface area contributed by atoms with Crippen LogP contribution in [0.2, 0.25) is 0 Å². The predicted octanol–water partition coefficient (Wildman–Crippen LogP) is -1.22. The summed E-state index contributed by atoms with van der Waals surface area (Å²) >= 11 is 0. The van der Waals surface area contributed by atoms with Crippen molar-refractivity contribution in [3.8, 4) is 0 Å². The van der Waals surface area contributed by atoms with Crippen molar-refractivity contribution in [2.45, 2.75) is 19.3 Å². The number of amides is 1. The maximum absolute atomic E-state index is 11.1. The molecule has 7 heteroatoms. The summed E-state index contributed by atoms with van der Waals surface area (Å²) < 4.78 is 23.6. The zero-order valence-electron chi connectivity index (χ0n) is 8.95. The van der Waals surface area contributed by atoms with Gasteiger partial charge in [-0.25, -0.2) is 13.1 Å². The van der Waals surface area contributed by atoms with Crippen LogP contribution in [0.25, 0.3) is 0 Å². The van der Waals surface area contributed by atoms with Gasteiger partial charge in [-0.3, -0.25) is 4.79 Å². The second kappa shape index (κ2) is 7.61. The average molecular weight is 237 g/mol. The highest BCUT2D eigenvalue weighted by Crippen LogP contribution is 1.92. The average Bonchev–Trinajstić information content (AvgIpc) is 2.11. The molecule has 0 unspecified atom stereocenters. The highest BCUT2D eigenvalue weighted by atomic mass is 32.2. The molecule has 0 rings (SSSR count). The van der Waals surface area contributed by atoms with Crippen molar-refractivity contribution in [1.29, 1.82) is 0 Å². The number of nitrogens with two attached hydrogens (primary N) is 1. The van der Waals surface area contributed by atoms with Crippen molar-refractivity contribution in [3.05, 3.63) is 0 Å². The van der Waals surface area contributed by atoms with Crippen LogP contribution in [0.4, 0.5) is 0 Å². The molecule has 0 saturated carbocycles. The van der Waals surface area contributed by atoms with Gasteiger partial charge in [-0.15, -0.1) is 0 Å². The first kappa shape index (κ1) is 14.3. The van der Waals surface area contributed by atoms with E-state index in [-0.39, 0.29) is 12.5 Å². The predicted molar refractivity (Wildman–Crippen MR) is 58.8 cm³/mol. The van der Waals surface area contributed by atoms with Crippen LogP contribution >= 0.6 is 0 Å². The molecule has 0 aliphatic rings. The van der Waals surface area contributed by atoms with Gasteiger partial charge in [0.15, 0.2) is 0 Å². The Bertz CT molecular complexity index is 277. The zero-order valence-corrected chi connectivity index (χ0v) is 9.77. The quantitative estimate of drug-likeness (QED) is 0.461. The standard InChI is InChI=1S/C8H19N3O3S/c1-15(13,14)11-7-6-10-8(12)4-2-3-5-9/h11H,2-7,9H2,1H3,(H,10,12). The molecule has 0 atom stereocenters. The van der Waals surface area contributed by atoms with Crippen LogP contribution in [0.1, 0.15) is 19.3 Å². The molecular weight excluding hydrogens is 218 g/mol. The van der Waals surface area contributed by atoms with Crippen molar-refractivity contribution in [3.63, 3.8) is 0 Å². The molecule has 0 saturated heterocycles. The maximum Gasteiger partial charge on any atom is 0.220 e. The minimum atomic E-state index is -3.16. The van der Waals surface area contributed by atoms with Crippen LogP contribution in [-0.2, 0) is 14.8 Å². The summed E-state index contributed by atoms with van der Waals surface area (Å²) in [6, 6.07) is 0. The highest BCUT2D eigenvalue weighted by Gasteiger charge is 2.01. The third-order valence-electron chi connectivity index (χ3n) is 1.67. The van der Waals surface area contributed by atoms with E-state index in [0.717, 1.165) is 19.1 Å². The zero-order chi connectivity index (χ0) is 11.7. The number of hydrogen-bond acceptors (Lipinski definition) is 4. The summed E-state index contributed by atoms with van der Waals surface area (Å²) in [7, 11) is -3.16. The van der Waals surface area contributed by atoms with Gasteiger partial charge in [-0.2, -0.15) is 0 Å². The van der Waals surface area contributed by atoms with Gasteiger partial charge in [0.05, 0.1) is 6.26 Å². The smallest absolute Gasteiger partial charge is 0.220 e. The number of unbranched alkanes of at least 4 members (excludes halogenated alkanes) is 1. The second-order valence-corrected chi connectivity index (χ2v) is 5.10. The van der Waals surface area contributed by atoms with E-state index in [1.165, 1.54) is 0 Å². The molecule has 0 aromatic heterocycles. The third kappa shape index (κ3) is 11.3. The Kier molecular flexibility index (Phi) is 7.27.